The van der Waals surface area contributed by atoms with E-state index in [2.05, 4.69) is 51.1 Å². The molecule has 1 aromatic carbocycles. The van der Waals surface area contributed by atoms with Crippen molar-refractivity contribution in [2.75, 3.05) is 13.6 Å². The lowest BCUT2D eigenvalue weighted by atomic mass is 10.1. The van der Waals surface area contributed by atoms with Gasteiger partial charge in [0.2, 0.25) is 0 Å². The molecule has 0 bridgehead atoms. The van der Waals surface area contributed by atoms with Gasteiger partial charge in [-0.25, -0.2) is 0 Å². The minimum absolute atomic E-state index is 0.248. The number of hydrogen-bond acceptors (Lipinski definition) is 3. The van der Waals surface area contributed by atoms with E-state index in [0.29, 0.717) is 0 Å². The van der Waals surface area contributed by atoms with Crippen molar-refractivity contribution in [1.29, 1.82) is 0 Å². The highest BCUT2D eigenvalue weighted by atomic mass is 79.9. The summed E-state index contributed by atoms with van der Waals surface area (Å²) >= 11 is 3.56. The van der Waals surface area contributed by atoms with Crippen molar-refractivity contribution >= 4 is 26.8 Å². The third kappa shape index (κ3) is 3.75. The Bertz CT molecular complexity index is 557. The molecular formula is C15H19BrN2O. The van der Waals surface area contributed by atoms with Gasteiger partial charge in [-0.15, -0.1) is 0 Å². The molecule has 0 fully saturated rings. The molecule has 2 rings (SSSR count). The van der Waals surface area contributed by atoms with Crippen LogP contribution in [0.3, 0.4) is 0 Å². The first kappa shape index (κ1) is 14.4. The molecule has 0 radical (unpaired) electrons. The van der Waals surface area contributed by atoms with Crippen molar-refractivity contribution in [3.05, 3.63) is 40.5 Å². The molecule has 19 heavy (non-hydrogen) atoms. The summed E-state index contributed by atoms with van der Waals surface area (Å²) in [5.74, 6) is 0. The highest BCUT2D eigenvalue weighted by Gasteiger charge is 2.08. The summed E-state index contributed by atoms with van der Waals surface area (Å²) in [6.45, 7) is 3.54. The number of aliphatic hydroxyl groups excluding tert-OH is 1. The van der Waals surface area contributed by atoms with Gasteiger partial charge in [0.15, 0.2) is 0 Å². The van der Waals surface area contributed by atoms with Crippen LogP contribution in [0.15, 0.2) is 34.9 Å². The molecule has 0 amide bonds. The molecule has 1 aromatic heterocycles. The molecule has 0 aliphatic carbocycles. The van der Waals surface area contributed by atoms with Crippen molar-refractivity contribution in [3.63, 3.8) is 0 Å². The Morgan fingerprint density at radius 2 is 2.16 bits per heavy atom. The van der Waals surface area contributed by atoms with Crippen molar-refractivity contribution in [2.24, 2.45) is 0 Å². The summed E-state index contributed by atoms with van der Waals surface area (Å²) in [5.41, 5.74) is 2.26. The van der Waals surface area contributed by atoms with Crippen LogP contribution in [0.4, 0.5) is 0 Å². The number of hydrogen-bond donors (Lipinski definition) is 1. The molecule has 0 unspecified atom stereocenters. The molecule has 1 N–H and O–H groups in total. The van der Waals surface area contributed by atoms with Gasteiger partial charge in [0.05, 0.1) is 11.6 Å². The van der Waals surface area contributed by atoms with E-state index in [9.17, 15) is 5.11 Å². The largest absolute Gasteiger partial charge is 0.393 e. The second-order valence-electron chi connectivity index (χ2n) is 4.98. The van der Waals surface area contributed by atoms with E-state index in [1.54, 1.807) is 0 Å². The molecule has 1 atom stereocenters. The van der Waals surface area contributed by atoms with Crippen molar-refractivity contribution in [1.82, 2.24) is 9.88 Å². The monoisotopic (exact) mass is 322 g/mol. The third-order valence-corrected chi connectivity index (χ3v) is 3.86. The van der Waals surface area contributed by atoms with Crippen LogP contribution >= 0.6 is 15.9 Å². The van der Waals surface area contributed by atoms with Crippen molar-refractivity contribution in [3.8, 4) is 0 Å². The van der Waals surface area contributed by atoms with Crippen LogP contribution in [0.2, 0.25) is 0 Å². The van der Waals surface area contributed by atoms with Crippen LogP contribution in [-0.2, 0) is 6.54 Å². The maximum absolute atomic E-state index is 9.33. The number of aliphatic hydroxyl groups is 1. The normalized spacial score (nSPS) is 13.1. The number of rotatable bonds is 5. The lowest BCUT2D eigenvalue weighted by Gasteiger charge is -2.18. The number of fused-ring (bicyclic) bond motifs is 1. The van der Waals surface area contributed by atoms with Gasteiger partial charge < -0.3 is 10.0 Å². The molecule has 3 nitrogen and oxygen atoms in total. The van der Waals surface area contributed by atoms with Gasteiger partial charge in [0.25, 0.3) is 0 Å². The van der Waals surface area contributed by atoms with Gasteiger partial charge in [-0.2, -0.15) is 0 Å². The zero-order valence-electron chi connectivity index (χ0n) is 11.3. The Labute approximate surface area is 122 Å². The summed E-state index contributed by atoms with van der Waals surface area (Å²) in [4.78, 5) is 6.70. The first-order valence-corrected chi connectivity index (χ1v) is 7.26. The van der Waals surface area contributed by atoms with Crippen molar-refractivity contribution < 1.29 is 5.11 Å². The van der Waals surface area contributed by atoms with Crippen LogP contribution in [-0.4, -0.2) is 34.7 Å². The topological polar surface area (TPSA) is 36.4 Å². The van der Waals surface area contributed by atoms with Crippen molar-refractivity contribution in [2.45, 2.75) is 26.0 Å². The van der Waals surface area contributed by atoms with E-state index < -0.39 is 0 Å². The summed E-state index contributed by atoms with van der Waals surface area (Å²) in [6.07, 6.45) is 2.37. The average Bonchev–Trinajstić information content (AvgIpc) is 2.40. The SMILES string of the molecule is C[C@H](O)CCN(C)Cc1ccc(Br)c2cccnc12. The number of halogens is 1. The zero-order valence-corrected chi connectivity index (χ0v) is 12.9. The molecule has 4 heteroatoms. The standard InChI is InChI=1S/C15H19BrN2O/c1-11(19)7-9-18(2)10-12-5-6-14(16)13-4-3-8-17-15(12)13/h3-6,8,11,19H,7,9-10H2,1-2H3/t11-/m0/s1. The number of benzene rings is 1. The van der Waals surface area contributed by atoms with Gasteiger partial charge in [-0.3, -0.25) is 4.98 Å². The van der Waals surface area contributed by atoms with Crippen LogP contribution in [0, 0.1) is 0 Å². The number of pyridine rings is 1. The summed E-state index contributed by atoms with van der Waals surface area (Å²) in [5, 5.41) is 10.5. The molecule has 0 saturated heterocycles. The van der Waals surface area contributed by atoms with Gasteiger partial charge >= 0.3 is 0 Å². The van der Waals surface area contributed by atoms with Crippen LogP contribution < -0.4 is 0 Å². The molecule has 0 aliphatic heterocycles. The molecule has 0 saturated carbocycles. The molecule has 0 spiro atoms. The average molecular weight is 323 g/mol. The predicted octanol–water partition coefficient (Wildman–Crippen LogP) is 3.20. The Hall–Kier alpha value is -0.970. The quantitative estimate of drug-likeness (QED) is 0.918. The Morgan fingerprint density at radius 1 is 1.37 bits per heavy atom. The maximum Gasteiger partial charge on any atom is 0.0758 e. The smallest absolute Gasteiger partial charge is 0.0758 e. The summed E-state index contributed by atoms with van der Waals surface area (Å²) in [7, 11) is 2.07. The Kier molecular flexibility index (Phi) is 4.91. The number of nitrogens with zero attached hydrogens (tertiary/aromatic N) is 2. The van der Waals surface area contributed by atoms with Crippen LogP contribution in [0.5, 0.6) is 0 Å². The minimum atomic E-state index is -0.248. The third-order valence-electron chi connectivity index (χ3n) is 3.17. The van der Waals surface area contributed by atoms with Gasteiger partial charge in [-0.1, -0.05) is 28.1 Å². The van der Waals surface area contributed by atoms with Crippen LogP contribution in [0.25, 0.3) is 10.9 Å². The van der Waals surface area contributed by atoms with Crippen LogP contribution in [0.1, 0.15) is 18.9 Å². The fraction of sp³-hybridized carbons (Fsp3) is 0.400. The minimum Gasteiger partial charge on any atom is -0.393 e. The van der Waals surface area contributed by atoms with E-state index in [1.807, 2.05) is 19.2 Å². The summed E-state index contributed by atoms with van der Waals surface area (Å²) < 4.78 is 1.07. The van der Waals surface area contributed by atoms with E-state index in [-0.39, 0.29) is 6.10 Å². The molecule has 0 aliphatic rings. The fourth-order valence-corrected chi connectivity index (χ4v) is 2.55. The van der Waals surface area contributed by atoms with Gasteiger partial charge in [0, 0.05) is 29.1 Å². The second-order valence-corrected chi connectivity index (χ2v) is 5.84. The zero-order chi connectivity index (χ0) is 13.8. The first-order chi connectivity index (χ1) is 9.08. The number of aromatic nitrogens is 1. The highest BCUT2D eigenvalue weighted by Crippen LogP contribution is 2.25. The van der Waals surface area contributed by atoms with E-state index in [0.717, 1.165) is 34.9 Å². The van der Waals surface area contributed by atoms with Gasteiger partial charge in [-0.05, 0) is 38.1 Å². The van der Waals surface area contributed by atoms with E-state index in [1.165, 1.54) is 5.56 Å². The second kappa shape index (κ2) is 6.46. The highest BCUT2D eigenvalue weighted by molar-refractivity contribution is 9.10. The first-order valence-electron chi connectivity index (χ1n) is 6.46. The lowest BCUT2D eigenvalue weighted by Crippen LogP contribution is -2.22. The molecule has 2 aromatic rings. The Balaban J connectivity index is 2.19. The molecule has 102 valence electrons. The van der Waals surface area contributed by atoms with E-state index >= 15 is 0 Å². The van der Waals surface area contributed by atoms with Gasteiger partial charge in [0.1, 0.15) is 0 Å². The van der Waals surface area contributed by atoms with E-state index in [4.69, 9.17) is 0 Å². The Morgan fingerprint density at radius 3 is 2.89 bits per heavy atom. The fourth-order valence-electron chi connectivity index (χ4n) is 2.10. The molecule has 1 heterocycles. The maximum atomic E-state index is 9.33. The molecular weight excluding hydrogens is 304 g/mol. The lowest BCUT2D eigenvalue weighted by molar-refractivity contribution is 0.163. The predicted molar refractivity (Wildman–Crippen MR) is 82.1 cm³/mol. The summed E-state index contributed by atoms with van der Waals surface area (Å²) in [6, 6.07) is 8.21.